The van der Waals surface area contributed by atoms with Crippen molar-refractivity contribution in [3.63, 3.8) is 0 Å². The summed E-state index contributed by atoms with van der Waals surface area (Å²) in [5, 5.41) is 12.0. The lowest BCUT2D eigenvalue weighted by Crippen LogP contribution is -2.35. The van der Waals surface area contributed by atoms with Crippen LogP contribution in [0.5, 0.6) is 0 Å². The molecule has 0 saturated carbocycles. The highest BCUT2D eigenvalue weighted by Crippen LogP contribution is 2.13. The van der Waals surface area contributed by atoms with Gasteiger partial charge in [-0.15, -0.1) is 0 Å². The predicted molar refractivity (Wildman–Crippen MR) is 61.3 cm³/mol. The van der Waals surface area contributed by atoms with Crippen molar-refractivity contribution in [2.24, 2.45) is 5.92 Å². The number of hydrogen-bond acceptors (Lipinski definition) is 4. The molecule has 0 saturated heterocycles. The van der Waals surface area contributed by atoms with Crippen LogP contribution in [0.3, 0.4) is 0 Å². The molecule has 0 bridgehead atoms. The summed E-state index contributed by atoms with van der Waals surface area (Å²) >= 11 is 0. The first-order valence-electron chi connectivity index (χ1n) is 5.33. The number of aryl methyl sites for hydroxylation is 1. The zero-order valence-corrected chi connectivity index (χ0v) is 9.77. The van der Waals surface area contributed by atoms with Gasteiger partial charge >= 0.3 is 5.97 Å². The van der Waals surface area contributed by atoms with Gasteiger partial charge in [0.1, 0.15) is 17.7 Å². The number of carbonyl (C=O) groups is 1. The molecule has 1 heterocycles. The molecule has 0 fully saturated rings. The predicted octanol–water partition coefficient (Wildman–Crippen LogP) is 1.70. The van der Waals surface area contributed by atoms with E-state index >= 15 is 0 Å². The van der Waals surface area contributed by atoms with E-state index in [0.29, 0.717) is 11.6 Å². The SMILES string of the molecule is CC[C@H](C)[C@H](Nc1ccnc(C)n1)C(=O)O. The van der Waals surface area contributed by atoms with E-state index in [0.717, 1.165) is 6.42 Å². The number of nitrogens with zero attached hydrogens (tertiary/aromatic N) is 2. The Kier molecular flexibility index (Phi) is 4.22. The second-order valence-electron chi connectivity index (χ2n) is 3.83. The Morgan fingerprint density at radius 2 is 2.31 bits per heavy atom. The van der Waals surface area contributed by atoms with E-state index in [1.165, 1.54) is 0 Å². The highest BCUT2D eigenvalue weighted by atomic mass is 16.4. The molecule has 0 amide bonds. The number of aromatic nitrogens is 2. The second-order valence-corrected chi connectivity index (χ2v) is 3.83. The molecule has 0 aromatic carbocycles. The van der Waals surface area contributed by atoms with Crippen LogP contribution in [0.1, 0.15) is 26.1 Å². The third-order valence-corrected chi connectivity index (χ3v) is 2.56. The fourth-order valence-electron chi connectivity index (χ4n) is 1.38. The number of nitrogens with one attached hydrogen (secondary N) is 1. The Hall–Kier alpha value is -1.65. The molecule has 0 spiro atoms. The summed E-state index contributed by atoms with van der Waals surface area (Å²) in [7, 11) is 0. The molecule has 0 unspecified atom stereocenters. The molecule has 2 atom stereocenters. The van der Waals surface area contributed by atoms with E-state index in [1.54, 1.807) is 19.2 Å². The normalized spacial score (nSPS) is 14.2. The number of carboxylic acids is 1. The van der Waals surface area contributed by atoms with Crippen LogP contribution in [0, 0.1) is 12.8 Å². The van der Waals surface area contributed by atoms with Crippen LogP contribution >= 0.6 is 0 Å². The van der Waals surface area contributed by atoms with E-state index in [9.17, 15) is 4.79 Å². The van der Waals surface area contributed by atoms with Crippen molar-refractivity contribution in [1.82, 2.24) is 9.97 Å². The van der Waals surface area contributed by atoms with Gasteiger partial charge in [-0.2, -0.15) is 0 Å². The molecule has 5 nitrogen and oxygen atoms in total. The summed E-state index contributed by atoms with van der Waals surface area (Å²) in [6.07, 6.45) is 2.41. The smallest absolute Gasteiger partial charge is 0.326 e. The van der Waals surface area contributed by atoms with Gasteiger partial charge in [-0.1, -0.05) is 20.3 Å². The Labute approximate surface area is 94.9 Å². The van der Waals surface area contributed by atoms with Crippen molar-refractivity contribution in [2.45, 2.75) is 33.2 Å². The quantitative estimate of drug-likeness (QED) is 0.794. The average Bonchev–Trinajstić information content (AvgIpc) is 2.24. The fourth-order valence-corrected chi connectivity index (χ4v) is 1.38. The molecule has 88 valence electrons. The van der Waals surface area contributed by atoms with Crippen molar-refractivity contribution >= 4 is 11.8 Å². The van der Waals surface area contributed by atoms with Crippen LogP contribution in [-0.2, 0) is 4.79 Å². The maximum atomic E-state index is 11.1. The fraction of sp³-hybridized carbons (Fsp3) is 0.545. The second kappa shape index (κ2) is 5.44. The van der Waals surface area contributed by atoms with Crippen molar-refractivity contribution < 1.29 is 9.90 Å². The summed E-state index contributed by atoms with van der Waals surface area (Å²) in [5.41, 5.74) is 0. The lowest BCUT2D eigenvalue weighted by atomic mass is 9.99. The molecule has 0 aliphatic heterocycles. The van der Waals surface area contributed by atoms with Gasteiger partial charge in [0.05, 0.1) is 0 Å². The summed E-state index contributed by atoms with van der Waals surface area (Å²) in [5.74, 6) is 0.372. The monoisotopic (exact) mass is 223 g/mol. The average molecular weight is 223 g/mol. The van der Waals surface area contributed by atoms with Crippen LogP contribution in [-0.4, -0.2) is 27.1 Å². The van der Waals surface area contributed by atoms with Crippen LogP contribution < -0.4 is 5.32 Å². The third-order valence-electron chi connectivity index (χ3n) is 2.56. The molecule has 5 heteroatoms. The minimum Gasteiger partial charge on any atom is -0.480 e. The summed E-state index contributed by atoms with van der Waals surface area (Å²) in [4.78, 5) is 19.2. The van der Waals surface area contributed by atoms with Gasteiger partial charge in [0, 0.05) is 6.20 Å². The summed E-state index contributed by atoms with van der Waals surface area (Å²) in [6.45, 7) is 5.64. The molecule has 1 aromatic heterocycles. The van der Waals surface area contributed by atoms with E-state index in [2.05, 4.69) is 15.3 Å². The standard InChI is InChI=1S/C11H17N3O2/c1-4-7(2)10(11(15)16)14-9-5-6-12-8(3)13-9/h5-7,10H,4H2,1-3H3,(H,15,16)(H,12,13,14)/t7-,10-/m0/s1. The largest absolute Gasteiger partial charge is 0.480 e. The number of aliphatic carboxylic acids is 1. The van der Waals surface area contributed by atoms with Crippen LogP contribution in [0.2, 0.25) is 0 Å². The minimum absolute atomic E-state index is 0.0489. The highest BCUT2D eigenvalue weighted by Gasteiger charge is 2.23. The Morgan fingerprint density at radius 1 is 1.62 bits per heavy atom. The number of rotatable bonds is 5. The molecule has 0 radical (unpaired) electrons. The Morgan fingerprint density at radius 3 is 2.81 bits per heavy atom. The van der Waals surface area contributed by atoms with Crippen molar-refractivity contribution in [2.75, 3.05) is 5.32 Å². The third kappa shape index (κ3) is 3.18. The zero-order chi connectivity index (χ0) is 12.1. The maximum absolute atomic E-state index is 11.1. The number of anilines is 1. The van der Waals surface area contributed by atoms with E-state index in [1.807, 2.05) is 13.8 Å². The van der Waals surface area contributed by atoms with Gasteiger partial charge < -0.3 is 10.4 Å². The Balaban J connectivity index is 2.79. The summed E-state index contributed by atoms with van der Waals surface area (Å²) in [6, 6.07) is 1.06. The minimum atomic E-state index is -0.856. The summed E-state index contributed by atoms with van der Waals surface area (Å²) < 4.78 is 0. The van der Waals surface area contributed by atoms with Gasteiger partial charge in [-0.05, 0) is 18.9 Å². The van der Waals surface area contributed by atoms with E-state index < -0.39 is 12.0 Å². The molecular formula is C11H17N3O2. The molecule has 2 N–H and O–H groups in total. The van der Waals surface area contributed by atoms with Crippen molar-refractivity contribution in [3.05, 3.63) is 18.1 Å². The molecule has 1 aromatic rings. The zero-order valence-electron chi connectivity index (χ0n) is 9.77. The first-order chi connectivity index (χ1) is 7.54. The lowest BCUT2D eigenvalue weighted by molar-refractivity contribution is -0.139. The molecular weight excluding hydrogens is 206 g/mol. The van der Waals surface area contributed by atoms with Crippen molar-refractivity contribution in [1.29, 1.82) is 0 Å². The van der Waals surface area contributed by atoms with Gasteiger partial charge in [0.2, 0.25) is 0 Å². The molecule has 0 aliphatic rings. The lowest BCUT2D eigenvalue weighted by Gasteiger charge is -2.20. The molecule has 0 aliphatic carbocycles. The number of hydrogen-bond donors (Lipinski definition) is 2. The van der Waals surface area contributed by atoms with Crippen LogP contribution in [0.25, 0.3) is 0 Å². The van der Waals surface area contributed by atoms with Gasteiger partial charge in [0.15, 0.2) is 0 Å². The number of carboxylic acid groups (broad SMARTS) is 1. The van der Waals surface area contributed by atoms with Crippen LogP contribution in [0.15, 0.2) is 12.3 Å². The van der Waals surface area contributed by atoms with Gasteiger partial charge in [0.25, 0.3) is 0 Å². The van der Waals surface area contributed by atoms with E-state index in [4.69, 9.17) is 5.11 Å². The van der Waals surface area contributed by atoms with Gasteiger partial charge in [-0.25, -0.2) is 14.8 Å². The maximum Gasteiger partial charge on any atom is 0.326 e. The van der Waals surface area contributed by atoms with Gasteiger partial charge in [-0.3, -0.25) is 0 Å². The highest BCUT2D eigenvalue weighted by molar-refractivity contribution is 5.77. The van der Waals surface area contributed by atoms with Crippen molar-refractivity contribution in [3.8, 4) is 0 Å². The Bertz CT molecular complexity index is 368. The van der Waals surface area contributed by atoms with E-state index in [-0.39, 0.29) is 5.92 Å². The first kappa shape index (κ1) is 12.4. The molecule has 16 heavy (non-hydrogen) atoms. The van der Waals surface area contributed by atoms with Crippen LogP contribution in [0.4, 0.5) is 5.82 Å². The first-order valence-corrected chi connectivity index (χ1v) is 5.33. The topological polar surface area (TPSA) is 75.1 Å². The molecule has 1 rings (SSSR count).